The molecule has 0 saturated carbocycles. The molecule has 0 bridgehead atoms. The number of carbonyl (C=O) groups excluding carboxylic acids is 1. The van der Waals surface area contributed by atoms with Gasteiger partial charge in [-0.25, -0.2) is 0 Å². The minimum atomic E-state index is 0.594. The minimum absolute atomic E-state index is 0.594. The van der Waals surface area contributed by atoms with Crippen molar-refractivity contribution in [1.29, 1.82) is 0 Å². The molecule has 0 aromatic heterocycles. The maximum absolute atomic E-state index is 8.81. The highest BCUT2D eigenvalue weighted by Crippen LogP contribution is 2.38. The molecule has 45 heavy (non-hydrogen) atoms. The number of benzene rings is 3. The highest BCUT2D eigenvalue weighted by atomic mass is 16.5. The fraction of sp³-hybridized carbons (Fsp3) is 0.525. The van der Waals surface area contributed by atoms with Gasteiger partial charge in [-0.3, -0.25) is 4.90 Å². The van der Waals surface area contributed by atoms with Gasteiger partial charge in [0, 0.05) is 25.6 Å². The van der Waals surface area contributed by atoms with Crippen molar-refractivity contribution in [2.75, 3.05) is 41.4 Å². The second kappa shape index (κ2) is 21.6. The van der Waals surface area contributed by atoms with E-state index in [0.717, 1.165) is 50.3 Å². The van der Waals surface area contributed by atoms with Crippen molar-refractivity contribution < 1.29 is 19.2 Å². The third kappa shape index (κ3) is 13.8. The van der Waals surface area contributed by atoms with Gasteiger partial charge in [0.25, 0.3) is 0 Å². The van der Waals surface area contributed by atoms with Gasteiger partial charge in [-0.05, 0) is 79.8 Å². The van der Waals surface area contributed by atoms with Gasteiger partial charge in [0.1, 0.15) is 17.8 Å². The molecule has 2 aliphatic rings. The Morgan fingerprint density at radius 1 is 0.978 bits per heavy atom. The van der Waals surface area contributed by atoms with E-state index in [9.17, 15) is 0 Å². The number of hydrogen-bond donors (Lipinski definition) is 1. The average molecular weight is 618 g/mol. The van der Waals surface area contributed by atoms with Crippen LogP contribution < -0.4 is 14.4 Å². The number of nitrogens with one attached hydrogen (secondary N) is 1. The van der Waals surface area contributed by atoms with Gasteiger partial charge in [-0.1, -0.05) is 93.3 Å². The Balaban J connectivity index is 0.000000507. The lowest BCUT2D eigenvalue weighted by Crippen LogP contribution is -3.02. The van der Waals surface area contributed by atoms with Gasteiger partial charge in [0.05, 0.1) is 34.9 Å². The van der Waals surface area contributed by atoms with Gasteiger partial charge in [-0.2, -0.15) is 0 Å². The number of unbranched alkanes of at least 4 members (excludes halogenated alkanes) is 2. The van der Waals surface area contributed by atoms with Crippen LogP contribution in [-0.2, 0) is 24.2 Å². The molecule has 2 aliphatic heterocycles. The van der Waals surface area contributed by atoms with Crippen molar-refractivity contribution in [3.8, 4) is 11.5 Å². The van der Waals surface area contributed by atoms with E-state index in [1.165, 1.54) is 78.2 Å². The van der Waals surface area contributed by atoms with E-state index in [4.69, 9.17) is 14.3 Å². The largest absolute Gasteiger partial charge is 0.496 e. The molecule has 0 radical (unpaired) electrons. The number of nitrogens with zero attached hydrogens (tertiary/aromatic N) is 1. The van der Waals surface area contributed by atoms with Gasteiger partial charge >= 0.3 is 0 Å². The average Bonchev–Trinajstić information content (AvgIpc) is 3.65. The number of carbonyl (C=O) groups is 1. The molecule has 0 aliphatic carbocycles. The number of quaternary nitrogens is 1. The number of ether oxygens (including phenoxy) is 2. The molecule has 0 amide bonds. The van der Waals surface area contributed by atoms with Crippen molar-refractivity contribution in [2.24, 2.45) is 0 Å². The number of para-hydroxylation sites is 1. The second-order valence-corrected chi connectivity index (χ2v) is 12.8. The molecular weight excluding hydrogens is 556 g/mol. The topological polar surface area (TPSA) is 43.2 Å². The summed E-state index contributed by atoms with van der Waals surface area (Å²) < 4.78 is 11.3. The molecule has 5 rings (SSSR count). The molecule has 2 heterocycles. The first-order valence-electron chi connectivity index (χ1n) is 17.1. The zero-order valence-corrected chi connectivity index (χ0v) is 29.5. The van der Waals surface area contributed by atoms with Crippen LogP contribution in [0.1, 0.15) is 93.0 Å². The Hall–Kier alpha value is -3.15. The van der Waals surface area contributed by atoms with E-state index in [-0.39, 0.29) is 0 Å². The molecule has 5 nitrogen and oxygen atoms in total. The number of aryl methyl sites for hydroxylation is 2. The molecule has 1 N–H and O–H groups in total. The van der Waals surface area contributed by atoms with Crippen LogP contribution in [0.3, 0.4) is 0 Å². The lowest BCUT2D eigenvalue weighted by atomic mass is 9.92. The first-order chi connectivity index (χ1) is 21.8. The zero-order chi connectivity index (χ0) is 33.0. The molecule has 2 atom stereocenters. The molecule has 3 aromatic rings. The van der Waals surface area contributed by atoms with Crippen LogP contribution in [0.25, 0.3) is 0 Å². The predicted octanol–water partition coefficient (Wildman–Crippen LogP) is 7.48. The molecular formula is C40H61N2O3+. The monoisotopic (exact) mass is 617 g/mol. The van der Waals surface area contributed by atoms with E-state index in [0.29, 0.717) is 12.0 Å². The van der Waals surface area contributed by atoms with Crippen molar-refractivity contribution >= 4 is 6.29 Å². The van der Waals surface area contributed by atoms with E-state index >= 15 is 0 Å². The third-order valence-electron chi connectivity index (χ3n) is 8.06. The normalized spacial score (nSPS) is 16.6. The molecule has 5 heteroatoms. The number of likely N-dealkylation sites (tertiary alicyclic amines) is 1. The number of methoxy groups -OCH3 is 1. The number of hydrogen-bond acceptors (Lipinski definition) is 4. The third-order valence-corrected chi connectivity index (χ3v) is 8.06. The maximum atomic E-state index is 8.81. The standard InChI is InChI=1S/C30H35NO2.C5H12.C3H9N.C2H4O/c1-22-7-5-8-23(17-22)20-31-21-27(25-13-14-30-26(18-25)15-16-33-30)19-28(31)11-6-10-24-9-3-4-12-29(24)32-2;1-3-5-4-2;1-4(2)3;1-2-3/h3-5,7-9,12-14,17-18,27-28H,6,10-11,15-16,19-21H2,1-2H3;3-5H2,1-2H3;1-3H3;2H,1H3/p+1. The van der Waals surface area contributed by atoms with E-state index < -0.39 is 0 Å². The van der Waals surface area contributed by atoms with Crippen LogP contribution in [-0.4, -0.2) is 58.6 Å². The van der Waals surface area contributed by atoms with Crippen molar-refractivity contribution in [2.45, 2.75) is 97.6 Å². The molecule has 3 aromatic carbocycles. The van der Waals surface area contributed by atoms with Crippen LogP contribution in [0.4, 0.5) is 0 Å². The smallest absolute Gasteiger partial charge is 0.122 e. The highest BCUT2D eigenvalue weighted by Gasteiger charge is 2.33. The van der Waals surface area contributed by atoms with Crippen molar-refractivity contribution in [3.63, 3.8) is 0 Å². The fourth-order valence-electron chi connectivity index (χ4n) is 6.02. The first kappa shape index (κ1) is 38.0. The quantitative estimate of drug-likeness (QED) is 0.240. The minimum Gasteiger partial charge on any atom is -0.496 e. The lowest BCUT2D eigenvalue weighted by Gasteiger charge is -2.25. The predicted molar refractivity (Wildman–Crippen MR) is 190 cm³/mol. The van der Waals surface area contributed by atoms with E-state index in [1.807, 2.05) is 0 Å². The fourth-order valence-corrected chi connectivity index (χ4v) is 6.02. The van der Waals surface area contributed by atoms with Crippen LogP contribution in [0, 0.1) is 6.92 Å². The molecule has 2 unspecified atom stereocenters. The zero-order valence-electron chi connectivity index (χ0n) is 29.5. The summed E-state index contributed by atoms with van der Waals surface area (Å²) in [4.78, 5) is 12.9. The van der Waals surface area contributed by atoms with Gasteiger partial charge < -0.3 is 19.2 Å². The molecule has 248 valence electrons. The molecule has 1 fully saturated rings. The highest BCUT2D eigenvalue weighted by molar-refractivity contribution is 5.44. The Labute approximate surface area is 274 Å². The molecule has 0 spiro atoms. The van der Waals surface area contributed by atoms with Crippen molar-refractivity contribution in [1.82, 2.24) is 4.90 Å². The summed E-state index contributed by atoms with van der Waals surface area (Å²) in [6.45, 7) is 11.0. The van der Waals surface area contributed by atoms with Gasteiger partial charge in [-0.15, -0.1) is 0 Å². The lowest BCUT2D eigenvalue weighted by molar-refractivity contribution is -0.836. The van der Waals surface area contributed by atoms with Gasteiger partial charge in [0.15, 0.2) is 0 Å². The van der Waals surface area contributed by atoms with Crippen molar-refractivity contribution in [3.05, 3.63) is 94.5 Å². The number of fused-ring (bicyclic) bond motifs is 1. The molecule has 1 saturated heterocycles. The van der Waals surface area contributed by atoms with Crippen LogP contribution in [0.15, 0.2) is 66.7 Å². The summed E-state index contributed by atoms with van der Waals surface area (Å²) in [5, 5.41) is 0. The second-order valence-electron chi connectivity index (χ2n) is 12.8. The van der Waals surface area contributed by atoms with E-state index in [1.54, 1.807) is 7.11 Å². The maximum Gasteiger partial charge on any atom is 0.122 e. The number of rotatable bonds is 10. The summed E-state index contributed by atoms with van der Waals surface area (Å²) in [7, 11) is 8.02. The van der Waals surface area contributed by atoms with Crippen LogP contribution in [0.5, 0.6) is 11.5 Å². The Morgan fingerprint density at radius 2 is 1.69 bits per heavy atom. The Bertz CT molecular complexity index is 1240. The first-order valence-corrected chi connectivity index (χ1v) is 17.1. The summed E-state index contributed by atoms with van der Waals surface area (Å²) in [5.41, 5.74) is 6.96. The Morgan fingerprint density at radius 3 is 2.33 bits per heavy atom. The van der Waals surface area contributed by atoms with Gasteiger partial charge in [0.2, 0.25) is 0 Å². The summed E-state index contributed by atoms with van der Waals surface area (Å²) in [6.07, 6.45) is 10.6. The number of aldehydes is 1. The van der Waals surface area contributed by atoms with Crippen LogP contribution >= 0.6 is 0 Å². The summed E-state index contributed by atoms with van der Waals surface area (Å²) in [6, 6.07) is 24.9. The summed E-state index contributed by atoms with van der Waals surface area (Å²) >= 11 is 0. The van der Waals surface area contributed by atoms with Crippen LogP contribution in [0.2, 0.25) is 0 Å². The van der Waals surface area contributed by atoms with E-state index in [2.05, 4.69) is 114 Å². The summed E-state index contributed by atoms with van der Waals surface area (Å²) in [5.74, 6) is 2.69. The Kier molecular flexibility index (Phi) is 18.2. The SMILES string of the molecule is CC=O.CCCCC.COc1ccccc1CCCC1CC(c2ccc3c(c2)CCO3)CN1Cc1cccc(C)c1.C[NH+](C)C.